The molecule has 6 heteroatoms. The number of amides is 1. The van der Waals surface area contributed by atoms with E-state index < -0.39 is 0 Å². The van der Waals surface area contributed by atoms with E-state index in [1.54, 1.807) is 12.3 Å². The topological polar surface area (TPSA) is 61.0 Å². The molecule has 2 N–H and O–H groups in total. The van der Waals surface area contributed by atoms with E-state index in [1.165, 1.54) is 22.7 Å². The van der Waals surface area contributed by atoms with Gasteiger partial charge in [0.25, 0.3) is 5.91 Å². The second kappa shape index (κ2) is 9.27. The van der Waals surface area contributed by atoms with Crippen LogP contribution >= 0.6 is 11.8 Å². The van der Waals surface area contributed by atoms with Gasteiger partial charge < -0.3 is 15.2 Å². The average molecular weight is 431 g/mol. The van der Waals surface area contributed by atoms with Gasteiger partial charge in [-0.25, -0.2) is 4.98 Å². The van der Waals surface area contributed by atoms with E-state index in [-0.39, 0.29) is 11.8 Å². The van der Waals surface area contributed by atoms with Crippen molar-refractivity contribution in [1.29, 1.82) is 0 Å². The molecule has 0 aliphatic rings. The maximum Gasteiger partial charge on any atom is 0.254 e. The molecule has 31 heavy (non-hydrogen) atoms. The largest absolute Gasteiger partial charge is 0.378 e. The number of hydrogen-bond acceptors (Lipinski definition) is 4. The first-order valence-electron chi connectivity index (χ1n) is 10.2. The van der Waals surface area contributed by atoms with E-state index in [9.17, 15) is 4.79 Å². The summed E-state index contributed by atoms with van der Waals surface area (Å²) >= 11 is 1.48. The molecule has 158 valence electrons. The molecule has 0 spiro atoms. The van der Waals surface area contributed by atoms with Crippen molar-refractivity contribution in [3.8, 4) is 0 Å². The van der Waals surface area contributed by atoms with Crippen molar-refractivity contribution in [3.05, 3.63) is 89.7 Å². The van der Waals surface area contributed by atoms with E-state index in [2.05, 4.69) is 62.8 Å². The molecule has 0 radical (unpaired) electrons. The van der Waals surface area contributed by atoms with E-state index in [4.69, 9.17) is 0 Å². The summed E-state index contributed by atoms with van der Waals surface area (Å²) in [5.74, 6) is -0.0853. The van der Waals surface area contributed by atoms with Crippen LogP contribution in [-0.2, 0) is 0 Å². The summed E-state index contributed by atoms with van der Waals surface area (Å²) in [6.07, 6.45) is 5.70. The lowest BCUT2D eigenvalue weighted by Gasteiger charge is -2.20. The molecule has 0 aliphatic carbocycles. The Bertz CT molecular complexity index is 1180. The summed E-state index contributed by atoms with van der Waals surface area (Å²) in [5, 5.41) is 5.05. The zero-order valence-electron chi connectivity index (χ0n) is 17.9. The van der Waals surface area contributed by atoms with Gasteiger partial charge in [0.15, 0.2) is 0 Å². The fourth-order valence-electron chi connectivity index (χ4n) is 3.81. The zero-order valence-corrected chi connectivity index (χ0v) is 18.7. The van der Waals surface area contributed by atoms with E-state index in [1.807, 2.05) is 38.6 Å². The Kier molecular flexibility index (Phi) is 6.28. The molecule has 2 aromatic carbocycles. The van der Waals surface area contributed by atoms with E-state index >= 15 is 0 Å². The summed E-state index contributed by atoms with van der Waals surface area (Å²) in [4.78, 5) is 22.7. The Morgan fingerprint density at radius 3 is 2.61 bits per heavy atom. The lowest BCUT2D eigenvalue weighted by atomic mass is 9.90. The van der Waals surface area contributed by atoms with Gasteiger partial charge in [0.1, 0.15) is 5.03 Å². The summed E-state index contributed by atoms with van der Waals surface area (Å²) in [5.41, 5.74) is 5.17. The molecule has 5 nitrogen and oxygen atoms in total. The van der Waals surface area contributed by atoms with Crippen LogP contribution in [0.15, 0.2) is 78.1 Å². The maximum atomic E-state index is 13.0. The predicted molar refractivity (Wildman–Crippen MR) is 129 cm³/mol. The number of thioether (sulfide) groups is 1. The molecular formula is C25H26N4OS. The lowest BCUT2D eigenvalue weighted by Crippen LogP contribution is -2.29. The van der Waals surface area contributed by atoms with E-state index in [0.717, 1.165) is 21.8 Å². The minimum Gasteiger partial charge on any atom is -0.378 e. The number of carbonyl (C=O) groups excluding carboxylic acids is 1. The summed E-state index contributed by atoms with van der Waals surface area (Å²) < 4.78 is 0. The van der Waals surface area contributed by atoms with Gasteiger partial charge in [-0.1, -0.05) is 30.3 Å². The van der Waals surface area contributed by atoms with Crippen LogP contribution in [0.25, 0.3) is 10.9 Å². The van der Waals surface area contributed by atoms with Crippen LogP contribution < -0.4 is 10.2 Å². The zero-order chi connectivity index (χ0) is 21.8. The molecule has 0 unspecified atom stereocenters. The van der Waals surface area contributed by atoms with Crippen molar-refractivity contribution in [3.63, 3.8) is 0 Å². The number of nitrogens with one attached hydrogen (secondary N) is 2. The number of pyridine rings is 1. The minimum absolute atomic E-state index is 0.0192. The first kappa shape index (κ1) is 21.0. The van der Waals surface area contributed by atoms with Crippen molar-refractivity contribution in [1.82, 2.24) is 15.3 Å². The Morgan fingerprint density at radius 2 is 1.87 bits per heavy atom. The summed E-state index contributed by atoms with van der Waals surface area (Å²) in [6, 6.07) is 20.4. The van der Waals surface area contributed by atoms with Gasteiger partial charge in [0, 0.05) is 55.5 Å². The number of carbonyl (C=O) groups is 1. The summed E-state index contributed by atoms with van der Waals surface area (Å²) in [7, 11) is 4.06. The van der Waals surface area contributed by atoms with E-state index in [0.29, 0.717) is 12.1 Å². The van der Waals surface area contributed by atoms with Crippen LogP contribution in [0.2, 0.25) is 0 Å². The fraction of sp³-hybridized carbons (Fsp3) is 0.200. The van der Waals surface area contributed by atoms with Crippen molar-refractivity contribution < 1.29 is 4.79 Å². The highest BCUT2D eigenvalue weighted by atomic mass is 32.2. The normalized spacial score (nSPS) is 12.0. The SMILES string of the molecule is CSc1ncccc1C(=O)NC[C@@H](c1ccc(N(C)C)cc1)c1c[nH]c2ccccc12. The fourth-order valence-corrected chi connectivity index (χ4v) is 4.36. The molecule has 0 fully saturated rings. The van der Waals surface area contributed by atoms with Gasteiger partial charge in [-0.3, -0.25) is 4.79 Å². The number of nitrogens with zero attached hydrogens (tertiary/aromatic N) is 2. The molecule has 0 saturated carbocycles. The number of H-pyrrole nitrogens is 1. The highest BCUT2D eigenvalue weighted by Gasteiger charge is 2.20. The van der Waals surface area contributed by atoms with Gasteiger partial charge in [0.05, 0.1) is 5.56 Å². The smallest absolute Gasteiger partial charge is 0.254 e. The lowest BCUT2D eigenvalue weighted by molar-refractivity contribution is 0.0949. The molecule has 2 heterocycles. The monoisotopic (exact) mass is 430 g/mol. The Labute approximate surface area is 186 Å². The molecule has 0 bridgehead atoms. The standard InChI is InChI=1S/C25H26N4OS/c1-29(2)18-12-10-17(11-13-18)21(22-16-27-23-9-5-4-7-19(22)23)15-28-24(30)20-8-6-14-26-25(20)31-3/h4-14,16,21,27H,15H2,1-3H3,(H,28,30)/t21-/m0/s1. The number of benzene rings is 2. The average Bonchev–Trinajstić information content (AvgIpc) is 3.23. The third kappa shape index (κ3) is 4.44. The van der Waals surface area contributed by atoms with Crippen molar-refractivity contribution in [2.24, 2.45) is 0 Å². The minimum atomic E-state index is -0.104. The van der Waals surface area contributed by atoms with Gasteiger partial charge in [0.2, 0.25) is 0 Å². The first-order valence-corrected chi connectivity index (χ1v) is 11.4. The summed E-state index contributed by atoms with van der Waals surface area (Å²) in [6.45, 7) is 0.491. The molecule has 1 atom stereocenters. The van der Waals surface area contributed by atoms with Gasteiger partial charge >= 0.3 is 0 Å². The van der Waals surface area contributed by atoms with Crippen LogP contribution in [0, 0.1) is 0 Å². The number of para-hydroxylation sites is 1. The number of hydrogen-bond donors (Lipinski definition) is 2. The van der Waals surface area contributed by atoms with Crippen molar-refractivity contribution in [2.45, 2.75) is 10.9 Å². The number of rotatable bonds is 7. The second-order valence-corrected chi connectivity index (χ2v) is 8.39. The highest BCUT2D eigenvalue weighted by Crippen LogP contribution is 2.31. The Morgan fingerprint density at radius 1 is 1.10 bits per heavy atom. The number of aromatic nitrogens is 2. The van der Waals surface area contributed by atoms with Crippen LogP contribution in [-0.4, -0.2) is 42.8 Å². The van der Waals surface area contributed by atoms with Gasteiger partial charge in [-0.2, -0.15) is 0 Å². The highest BCUT2D eigenvalue weighted by molar-refractivity contribution is 7.98. The Balaban J connectivity index is 1.66. The number of aromatic amines is 1. The van der Waals surface area contributed by atoms with Crippen molar-refractivity contribution in [2.75, 3.05) is 31.8 Å². The van der Waals surface area contributed by atoms with Gasteiger partial charge in [-0.05, 0) is 47.7 Å². The molecule has 4 rings (SSSR count). The van der Waals surface area contributed by atoms with Crippen LogP contribution in [0.1, 0.15) is 27.4 Å². The predicted octanol–water partition coefficient (Wildman–Crippen LogP) is 4.91. The van der Waals surface area contributed by atoms with Crippen LogP contribution in [0.3, 0.4) is 0 Å². The van der Waals surface area contributed by atoms with Crippen LogP contribution in [0.4, 0.5) is 5.69 Å². The second-order valence-electron chi connectivity index (χ2n) is 7.60. The molecule has 1 amide bonds. The first-order chi connectivity index (χ1) is 15.1. The number of anilines is 1. The molecule has 0 aliphatic heterocycles. The third-order valence-electron chi connectivity index (χ3n) is 5.48. The molecule has 0 saturated heterocycles. The number of fused-ring (bicyclic) bond motifs is 1. The quantitative estimate of drug-likeness (QED) is 0.409. The molecule has 2 aromatic heterocycles. The van der Waals surface area contributed by atoms with Gasteiger partial charge in [-0.15, -0.1) is 11.8 Å². The maximum absolute atomic E-state index is 13.0. The van der Waals surface area contributed by atoms with Crippen LogP contribution in [0.5, 0.6) is 0 Å². The molecule has 4 aromatic rings. The third-order valence-corrected chi connectivity index (χ3v) is 6.20. The van der Waals surface area contributed by atoms with Crippen molar-refractivity contribution >= 4 is 34.3 Å². The Hall–Kier alpha value is -3.25. The molecular weight excluding hydrogens is 404 g/mol.